The van der Waals surface area contributed by atoms with E-state index in [1.54, 1.807) is 6.20 Å². The number of rotatable bonds is 3. The molecule has 1 aliphatic carbocycles. The highest BCUT2D eigenvalue weighted by atomic mass is 15.2. The van der Waals surface area contributed by atoms with Gasteiger partial charge in [0.15, 0.2) is 0 Å². The lowest BCUT2D eigenvalue weighted by Gasteiger charge is -2.05. The van der Waals surface area contributed by atoms with Gasteiger partial charge in [0.2, 0.25) is 5.95 Å². The lowest BCUT2D eigenvalue weighted by atomic mass is 10.5. The average Bonchev–Trinajstić information content (AvgIpc) is 2.75. The van der Waals surface area contributed by atoms with E-state index in [1.807, 2.05) is 23.9 Å². The molecular formula is C10H13N5. The quantitative estimate of drug-likeness (QED) is 0.794. The molecule has 78 valence electrons. The highest BCUT2D eigenvalue weighted by Crippen LogP contribution is 2.25. The van der Waals surface area contributed by atoms with Crippen LogP contribution in [0.1, 0.15) is 18.5 Å². The molecule has 0 atom stereocenters. The van der Waals surface area contributed by atoms with Crippen molar-refractivity contribution in [2.45, 2.75) is 25.8 Å². The molecule has 2 aromatic rings. The van der Waals surface area contributed by atoms with E-state index in [0.29, 0.717) is 6.04 Å². The third-order valence-corrected chi connectivity index (χ3v) is 2.50. The first kappa shape index (κ1) is 8.52. The summed E-state index contributed by atoms with van der Waals surface area (Å²) in [5.74, 6) is 0.913. The van der Waals surface area contributed by atoms with Crippen LogP contribution in [-0.4, -0.2) is 25.8 Å². The van der Waals surface area contributed by atoms with Gasteiger partial charge in [0.05, 0.1) is 17.6 Å². The summed E-state index contributed by atoms with van der Waals surface area (Å²) >= 11 is 0. The molecule has 0 amide bonds. The molecule has 1 fully saturated rings. The summed E-state index contributed by atoms with van der Waals surface area (Å²) in [4.78, 5) is 4.46. The summed E-state index contributed by atoms with van der Waals surface area (Å²) in [6, 6.07) is 0.609. The van der Waals surface area contributed by atoms with E-state index in [-0.39, 0.29) is 0 Å². The normalized spacial score (nSPS) is 15.5. The van der Waals surface area contributed by atoms with Crippen molar-refractivity contribution in [1.29, 1.82) is 0 Å². The first-order chi connectivity index (χ1) is 7.33. The van der Waals surface area contributed by atoms with Gasteiger partial charge in [0.25, 0.3) is 0 Å². The maximum absolute atomic E-state index is 4.46. The van der Waals surface area contributed by atoms with Crippen molar-refractivity contribution >= 4 is 5.95 Å². The van der Waals surface area contributed by atoms with Gasteiger partial charge in [-0.3, -0.25) is 9.67 Å². The number of aromatic nitrogens is 4. The van der Waals surface area contributed by atoms with E-state index in [4.69, 9.17) is 0 Å². The van der Waals surface area contributed by atoms with Crippen LogP contribution in [0.25, 0.3) is 5.69 Å². The molecule has 15 heavy (non-hydrogen) atoms. The Morgan fingerprint density at radius 1 is 1.53 bits per heavy atom. The molecule has 0 aliphatic heterocycles. The van der Waals surface area contributed by atoms with Crippen LogP contribution in [0, 0.1) is 6.92 Å². The predicted molar refractivity (Wildman–Crippen MR) is 57.1 cm³/mol. The zero-order chi connectivity index (χ0) is 10.3. The first-order valence-electron chi connectivity index (χ1n) is 5.14. The van der Waals surface area contributed by atoms with Crippen molar-refractivity contribution in [1.82, 2.24) is 19.7 Å². The molecule has 0 bridgehead atoms. The van der Waals surface area contributed by atoms with Crippen molar-refractivity contribution < 1.29 is 0 Å². The number of aromatic amines is 1. The molecule has 0 aromatic carbocycles. The second-order valence-corrected chi connectivity index (χ2v) is 3.95. The number of anilines is 1. The van der Waals surface area contributed by atoms with Gasteiger partial charge >= 0.3 is 0 Å². The minimum absolute atomic E-state index is 0.609. The molecule has 5 nitrogen and oxygen atoms in total. The SMILES string of the molecule is Cc1cn(-c2cn[nH]c2)c(NC2CC2)n1. The third kappa shape index (κ3) is 1.60. The van der Waals surface area contributed by atoms with E-state index in [1.165, 1.54) is 12.8 Å². The molecule has 5 heteroatoms. The Hall–Kier alpha value is -1.78. The molecule has 1 aliphatic rings. The monoisotopic (exact) mass is 203 g/mol. The predicted octanol–water partition coefficient (Wildman–Crippen LogP) is 1.48. The molecule has 0 spiro atoms. The molecule has 2 N–H and O–H groups in total. The Bertz CT molecular complexity index is 452. The molecule has 0 unspecified atom stereocenters. The van der Waals surface area contributed by atoms with Crippen LogP contribution in [-0.2, 0) is 0 Å². The molecule has 1 saturated carbocycles. The van der Waals surface area contributed by atoms with Crippen molar-refractivity contribution in [3.63, 3.8) is 0 Å². The van der Waals surface area contributed by atoms with Crippen LogP contribution in [0.3, 0.4) is 0 Å². The van der Waals surface area contributed by atoms with Gasteiger partial charge in [-0.1, -0.05) is 0 Å². The van der Waals surface area contributed by atoms with Gasteiger partial charge < -0.3 is 5.32 Å². The summed E-state index contributed by atoms with van der Waals surface area (Å²) in [6.07, 6.45) is 8.16. The summed E-state index contributed by atoms with van der Waals surface area (Å²) < 4.78 is 2.02. The smallest absolute Gasteiger partial charge is 0.208 e. The zero-order valence-electron chi connectivity index (χ0n) is 8.57. The fourth-order valence-electron chi connectivity index (χ4n) is 1.58. The third-order valence-electron chi connectivity index (χ3n) is 2.50. The topological polar surface area (TPSA) is 58.5 Å². The van der Waals surface area contributed by atoms with Crippen LogP contribution in [0.2, 0.25) is 0 Å². The van der Waals surface area contributed by atoms with E-state index in [0.717, 1.165) is 17.3 Å². The van der Waals surface area contributed by atoms with E-state index >= 15 is 0 Å². The van der Waals surface area contributed by atoms with E-state index in [2.05, 4.69) is 20.5 Å². The van der Waals surface area contributed by atoms with Crippen molar-refractivity contribution in [2.75, 3.05) is 5.32 Å². The van der Waals surface area contributed by atoms with Crippen molar-refractivity contribution in [2.24, 2.45) is 0 Å². The highest BCUT2D eigenvalue weighted by Gasteiger charge is 2.23. The minimum atomic E-state index is 0.609. The van der Waals surface area contributed by atoms with Crippen molar-refractivity contribution in [3.8, 4) is 5.69 Å². The van der Waals surface area contributed by atoms with Gasteiger partial charge in [-0.15, -0.1) is 0 Å². The fraction of sp³-hybridized carbons (Fsp3) is 0.400. The first-order valence-corrected chi connectivity index (χ1v) is 5.14. The average molecular weight is 203 g/mol. The largest absolute Gasteiger partial charge is 0.353 e. The highest BCUT2D eigenvalue weighted by molar-refractivity contribution is 5.42. The maximum atomic E-state index is 4.46. The Morgan fingerprint density at radius 2 is 2.40 bits per heavy atom. The molecule has 0 saturated heterocycles. The molecule has 3 rings (SSSR count). The van der Waals surface area contributed by atoms with Crippen LogP contribution in [0.4, 0.5) is 5.95 Å². The second kappa shape index (κ2) is 3.12. The Kier molecular flexibility index (Phi) is 1.77. The van der Waals surface area contributed by atoms with Crippen LogP contribution in [0.5, 0.6) is 0 Å². The number of nitrogens with one attached hydrogen (secondary N) is 2. The number of imidazole rings is 1. The number of hydrogen-bond donors (Lipinski definition) is 2. The van der Waals surface area contributed by atoms with Gasteiger partial charge in [0, 0.05) is 18.4 Å². The number of hydrogen-bond acceptors (Lipinski definition) is 3. The molecule has 2 aromatic heterocycles. The van der Waals surface area contributed by atoms with Gasteiger partial charge in [-0.05, 0) is 19.8 Å². The standard InChI is InChI=1S/C10H13N5/c1-7-6-15(9-4-11-12-5-9)10(13-7)14-8-2-3-8/h4-6,8H,2-3H2,1H3,(H,11,12)(H,13,14). The van der Waals surface area contributed by atoms with Crippen LogP contribution in [0.15, 0.2) is 18.6 Å². The number of H-pyrrole nitrogens is 1. The number of aryl methyl sites for hydroxylation is 1. The van der Waals surface area contributed by atoms with E-state index in [9.17, 15) is 0 Å². The summed E-state index contributed by atoms with van der Waals surface area (Å²) in [7, 11) is 0. The van der Waals surface area contributed by atoms with Gasteiger partial charge in [-0.2, -0.15) is 5.10 Å². The Labute approximate surface area is 87.5 Å². The number of nitrogens with zero attached hydrogens (tertiary/aromatic N) is 3. The van der Waals surface area contributed by atoms with Crippen LogP contribution >= 0.6 is 0 Å². The fourth-order valence-corrected chi connectivity index (χ4v) is 1.58. The lowest BCUT2D eigenvalue weighted by molar-refractivity contribution is 1.00. The minimum Gasteiger partial charge on any atom is -0.353 e. The zero-order valence-corrected chi connectivity index (χ0v) is 8.57. The molecular weight excluding hydrogens is 190 g/mol. The molecule has 2 heterocycles. The van der Waals surface area contributed by atoms with Crippen LogP contribution < -0.4 is 5.32 Å². The lowest BCUT2D eigenvalue weighted by Crippen LogP contribution is -2.07. The maximum Gasteiger partial charge on any atom is 0.208 e. The van der Waals surface area contributed by atoms with Crippen molar-refractivity contribution in [3.05, 3.63) is 24.3 Å². The second-order valence-electron chi connectivity index (χ2n) is 3.95. The Balaban J connectivity index is 1.97. The Morgan fingerprint density at radius 3 is 3.07 bits per heavy atom. The summed E-state index contributed by atoms with van der Waals surface area (Å²) in [5, 5.41) is 10.2. The summed E-state index contributed by atoms with van der Waals surface area (Å²) in [6.45, 7) is 1.99. The summed E-state index contributed by atoms with van der Waals surface area (Å²) in [5.41, 5.74) is 2.03. The van der Waals surface area contributed by atoms with Gasteiger partial charge in [0.1, 0.15) is 0 Å². The molecule has 0 radical (unpaired) electrons. The van der Waals surface area contributed by atoms with E-state index < -0.39 is 0 Å². The van der Waals surface area contributed by atoms with Gasteiger partial charge in [-0.25, -0.2) is 4.98 Å².